The first-order valence-corrected chi connectivity index (χ1v) is 6.23. The molecule has 0 fully saturated rings. The molecule has 0 atom stereocenters. The third kappa shape index (κ3) is 4.47. The van der Waals surface area contributed by atoms with Gasteiger partial charge in [0.2, 0.25) is 0 Å². The van der Waals surface area contributed by atoms with Gasteiger partial charge in [-0.3, -0.25) is 4.98 Å². The number of pyridine rings is 1. The van der Waals surface area contributed by atoms with Gasteiger partial charge in [-0.1, -0.05) is 18.2 Å². The zero-order valence-electron chi connectivity index (χ0n) is 10.8. The molecule has 2 aromatic rings. The van der Waals surface area contributed by atoms with Crippen LogP contribution in [-0.4, -0.2) is 30.9 Å². The molecule has 0 spiro atoms. The second-order valence-electron chi connectivity index (χ2n) is 4.36. The highest BCUT2D eigenvalue weighted by molar-refractivity contribution is 5.84. The predicted molar refractivity (Wildman–Crippen MR) is 70.3 cm³/mol. The molecule has 6 heteroatoms. The summed E-state index contributed by atoms with van der Waals surface area (Å²) in [5.41, 5.74) is 1.08. The smallest absolute Gasteiger partial charge is 0.371 e. The number of halogens is 3. The summed E-state index contributed by atoms with van der Waals surface area (Å²) in [6.45, 7) is -0.214. The van der Waals surface area contributed by atoms with E-state index in [9.17, 15) is 13.2 Å². The van der Waals surface area contributed by atoms with Crippen molar-refractivity contribution in [3.05, 3.63) is 42.2 Å². The first-order chi connectivity index (χ1) is 9.56. The molecular formula is C14H15F3N2O. The van der Waals surface area contributed by atoms with Crippen LogP contribution < -0.4 is 5.32 Å². The first-order valence-electron chi connectivity index (χ1n) is 6.23. The van der Waals surface area contributed by atoms with E-state index in [1.807, 2.05) is 24.3 Å². The summed E-state index contributed by atoms with van der Waals surface area (Å²) in [5, 5.41) is 5.20. The minimum atomic E-state index is -4.26. The van der Waals surface area contributed by atoms with Gasteiger partial charge in [0, 0.05) is 30.9 Å². The van der Waals surface area contributed by atoms with Gasteiger partial charge in [-0.15, -0.1) is 0 Å². The quantitative estimate of drug-likeness (QED) is 0.828. The summed E-state index contributed by atoms with van der Waals surface area (Å²) in [7, 11) is 0. The van der Waals surface area contributed by atoms with E-state index in [0.29, 0.717) is 13.1 Å². The fourth-order valence-electron chi connectivity index (χ4n) is 1.90. The summed E-state index contributed by atoms with van der Waals surface area (Å²) >= 11 is 0. The Balaban J connectivity index is 1.79. The molecular weight excluding hydrogens is 269 g/mol. The second kappa shape index (κ2) is 6.67. The van der Waals surface area contributed by atoms with Crippen molar-refractivity contribution in [2.45, 2.75) is 12.7 Å². The van der Waals surface area contributed by atoms with E-state index in [2.05, 4.69) is 15.0 Å². The number of fused-ring (bicyclic) bond motifs is 1. The van der Waals surface area contributed by atoms with E-state index in [1.165, 1.54) is 0 Å². The molecule has 1 heterocycles. The topological polar surface area (TPSA) is 34.1 Å². The normalized spacial score (nSPS) is 11.9. The number of nitrogens with one attached hydrogen (secondary N) is 1. The molecule has 0 aliphatic carbocycles. The van der Waals surface area contributed by atoms with Gasteiger partial charge in [0.25, 0.3) is 0 Å². The highest BCUT2D eigenvalue weighted by atomic mass is 19.4. The second-order valence-corrected chi connectivity index (χ2v) is 4.36. The average Bonchev–Trinajstić information content (AvgIpc) is 2.41. The number of rotatable bonds is 6. The fourth-order valence-corrected chi connectivity index (χ4v) is 1.90. The largest absolute Gasteiger partial charge is 0.411 e. The number of benzene rings is 1. The van der Waals surface area contributed by atoms with Gasteiger partial charge in [0.1, 0.15) is 6.61 Å². The summed E-state index contributed by atoms with van der Waals surface area (Å²) < 4.78 is 40.1. The van der Waals surface area contributed by atoms with E-state index >= 15 is 0 Å². The van der Waals surface area contributed by atoms with E-state index < -0.39 is 12.8 Å². The lowest BCUT2D eigenvalue weighted by atomic mass is 10.1. The van der Waals surface area contributed by atoms with Gasteiger partial charge >= 0.3 is 6.18 Å². The van der Waals surface area contributed by atoms with Crippen molar-refractivity contribution in [3.8, 4) is 0 Å². The molecule has 0 aliphatic rings. The molecule has 0 radical (unpaired) electrons. The monoisotopic (exact) mass is 284 g/mol. The Labute approximate surface area is 114 Å². The van der Waals surface area contributed by atoms with Crippen LogP contribution >= 0.6 is 0 Å². The van der Waals surface area contributed by atoms with Crippen molar-refractivity contribution < 1.29 is 17.9 Å². The van der Waals surface area contributed by atoms with Crippen LogP contribution in [0.5, 0.6) is 0 Å². The van der Waals surface area contributed by atoms with Gasteiger partial charge in [-0.2, -0.15) is 13.2 Å². The number of aromatic nitrogens is 1. The maximum atomic E-state index is 11.9. The molecule has 1 aromatic heterocycles. The highest BCUT2D eigenvalue weighted by Crippen LogP contribution is 2.17. The molecule has 1 aromatic carbocycles. The summed E-state index contributed by atoms with van der Waals surface area (Å²) in [6.07, 6.45) is -0.758. The third-order valence-corrected chi connectivity index (χ3v) is 2.78. The zero-order valence-corrected chi connectivity index (χ0v) is 10.8. The van der Waals surface area contributed by atoms with E-state index in [-0.39, 0.29) is 6.61 Å². The molecule has 108 valence electrons. The van der Waals surface area contributed by atoms with Crippen LogP contribution in [0.15, 0.2) is 36.7 Å². The van der Waals surface area contributed by atoms with Gasteiger partial charge < -0.3 is 10.1 Å². The van der Waals surface area contributed by atoms with Crippen LogP contribution in [0.25, 0.3) is 10.8 Å². The van der Waals surface area contributed by atoms with Crippen LogP contribution in [0.3, 0.4) is 0 Å². The van der Waals surface area contributed by atoms with Crippen molar-refractivity contribution in [1.82, 2.24) is 10.3 Å². The lowest BCUT2D eigenvalue weighted by molar-refractivity contribution is -0.173. The van der Waals surface area contributed by atoms with E-state index in [1.54, 1.807) is 12.4 Å². The maximum absolute atomic E-state index is 11.9. The van der Waals surface area contributed by atoms with Crippen LogP contribution in [0.2, 0.25) is 0 Å². The Morgan fingerprint density at radius 2 is 2.05 bits per heavy atom. The van der Waals surface area contributed by atoms with Crippen LogP contribution in [0.1, 0.15) is 5.56 Å². The molecule has 0 saturated heterocycles. The Morgan fingerprint density at radius 3 is 2.85 bits per heavy atom. The van der Waals surface area contributed by atoms with Gasteiger partial charge in [0.15, 0.2) is 0 Å². The van der Waals surface area contributed by atoms with Crippen molar-refractivity contribution in [3.63, 3.8) is 0 Å². The molecule has 1 N–H and O–H groups in total. The average molecular weight is 284 g/mol. The Morgan fingerprint density at radius 1 is 1.20 bits per heavy atom. The van der Waals surface area contributed by atoms with E-state index in [0.717, 1.165) is 16.3 Å². The summed E-state index contributed by atoms with van der Waals surface area (Å²) in [4.78, 5) is 4.05. The van der Waals surface area contributed by atoms with Crippen LogP contribution in [-0.2, 0) is 11.3 Å². The van der Waals surface area contributed by atoms with E-state index in [4.69, 9.17) is 0 Å². The number of nitrogens with zero attached hydrogens (tertiary/aromatic N) is 1. The Hall–Kier alpha value is -1.66. The molecule has 3 nitrogen and oxygen atoms in total. The first kappa shape index (κ1) is 14.7. The molecule has 2 rings (SSSR count). The lowest BCUT2D eigenvalue weighted by Crippen LogP contribution is -2.23. The molecule has 0 unspecified atom stereocenters. The van der Waals surface area contributed by atoms with Gasteiger partial charge in [0.05, 0.1) is 6.61 Å². The van der Waals surface area contributed by atoms with Crippen molar-refractivity contribution in [2.24, 2.45) is 0 Å². The van der Waals surface area contributed by atoms with Crippen molar-refractivity contribution in [1.29, 1.82) is 0 Å². The number of ether oxygens (including phenoxy) is 1. The number of alkyl halides is 3. The molecule has 0 saturated carbocycles. The van der Waals surface area contributed by atoms with Crippen LogP contribution in [0, 0.1) is 0 Å². The zero-order chi connectivity index (χ0) is 14.4. The highest BCUT2D eigenvalue weighted by Gasteiger charge is 2.27. The maximum Gasteiger partial charge on any atom is 0.411 e. The lowest BCUT2D eigenvalue weighted by Gasteiger charge is -2.09. The van der Waals surface area contributed by atoms with Crippen molar-refractivity contribution in [2.75, 3.05) is 19.8 Å². The number of hydrogen-bond acceptors (Lipinski definition) is 3. The molecule has 0 bridgehead atoms. The molecule has 20 heavy (non-hydrogen) atoms. The predicted octanol–water partition coefficient (Wildman–Crippen LogP) is 2.90. The van der Waals surface area contributed by atoms with Gasteiger partial charge in [-0.05, 0) is 17.0 Å². The Bertz CT molecular complexity index is 552. The minimum Gasteiger partial charge on any atom is -0.371 e. The fraction of sp³-hybridized carbons (Fsp3) is 0.357. The van der Waals surface area contributed by atoms with Crippen LogP contribution in [0.4, 0.5) is 13.2 Å². The Kier molecular flexibility index (Phi) is 4.92. The minimum absolute atomic E-state index is 0.0336. The summed E-state index contributed by atoms with van der Waals surface area (Å²) in [6, 6.07) is 7.80. The standard InChI is InChI=1S/C14H15F3N2O/c15-14(16,17)10-20-7-6-19-9-12-3-1-2-11-8-18-5-4-13(11)12/h1-5,8,19H,6-7,9-10H2. The van der Waals surface area contributed by atoms with Crippen molar-refractivity contribution >= 4 is 10.8 Å². The molecule has 0 aliphatic heterocycles. The SMILES string of the molecule is FC(F)(F)COCCNCc1cccc2cnccc12. The summed E-state index contributed by atoms with van der Waals surface area (Å²) in [5.74, 6) is 0. The third-order valence-electron chi connectivity index (χ3n) is 2.78. The number of hydrogen-bond donors (Lipinski definition) is 1. The molecule has 0 amide bonds. The van der Waals surface area contributed by atoms with Gasteiger partial charge in [-0.25, -0.2) is 0 Å².